The van der Waals surface area contributed by atoms with Gasteiger partial charge in [0.05, 0.1) is 5.02 Å². The molecule has 0 unspecified atom stereocenters. The summed E-state index contributed by atoms with van der Waals surface area (Å²) in [6.45, 7) is 1.43. The van der Waals surface area contributed by atoms with Crippen molar-refractivity contribution in [1.82, 2.24) is 0 Å². The molecule has 5 rings (SSSR count). The molecule has 4 aliphatic rings. The fraction of sp³-hybridized carbons (Fsp3) is 0.619. The molecule has 0 aromatic heterocycles. The average Bonchev–Trinajstić information content (AvgIpc) is 2.60. The number of hydrogen-bond acceptors (Lipinski definition) is 4. The lowest BCUT2D eigenvalue weighted by molar-refractivity contribution is -0.161. The Hall–Kier alpha value is -1.26. The third kappa shape index (κ3) is 3.84. The Bertz CT molecular complexity index is 725. The van der Waals surface area contributed by atoms with Crippen LogP contribution in [0.2, 0.25) is 10.0 Å². The monoisotopic (exact) mass is 410 g/mol. The van der Waals surface area contributed by atoms with Gasteiger partial charge in [0.15, 0.2) is 18.5 Å². The molecule has 27 heavy (non-hydrogen) atoms. The molecule has 0 spiro atoms. The minimum atomic E-state index is -0.854. The zero-order valence-corrected chi connectivity index (χ0v) is 16.9. The van der Waals surface area contributed by atoms with E-state index in [1.165, 1.54) is 19.3 Å². The predicted octanol–water partition coefficient (Wildman–Crippen LogP) is 5.09. The standard InChI is InChI=1S/C21H24Cl2O4/c1-12(27-18-3-2-16(22)7-17(18)23)20(25)26-11-19(24)21-8-13-4-14(9-21)6-15(5-13)10-21/h2-3,7,12-15H,4-6,8-11H2,1H3/t12-,13?,14?,15?,21?/m1/s1. The Morgan fingerprint density at radius 3 is 2.26 bits per heavy atom. The second-order valence-electron chi connectivity index (χ2n) is 8.56. The number of halogens is 2. The first kappa shape index (κ1) is 19.1. The summed E-state index contributed by atoms with van der Waals surface area (Å²) in [5, 5.41) is 0.815. The zero-order valence-electron chi connectivity index (χ0n) is 15.4. The largest absolute Gasteiger partial charge is 0.477 e. The summed E-state index contributed by atoms with van der Waals surface area (Å²) in [5.74, 6) is 1.95. The van der Waals surface area contributed by atoms with Crippen LogP contribution >= 0.6 is 23.2 Å². The van der Waals surface area contributed by atoms with E-state index in [4.69, 9.17) is 32.7 Å². The van der Waals surface area contributed by atoms with Crippen LogP contribution in [-0.4, -0.2) is 24.5 Å². The Kier molecular flexibility index (Phi) is 5.15. The van der Waals surface area contributed by atoms with Crippen LogP contribution in [0.15, 0.2) is 18.2 Å². The summed E-state index contributed by atoms with van der Waals surface area (Å²) in [4.78, 5) is 25.2. The highest BCUT2D eigenvalue weighted by molar-refractivity contribution is 6.35. The van der Waals surface area contributed by atoms with Crippen LogP contribution in [-0.2, 0) is 14.3 Å². The number of esters is 1. The molecule has 146 valence electrons. The van der Waals surface area contributed by atoms with Crippen molar-refractivity contribution in [3.63, 3.8) is 0 Å². The molecule has 1 aromatic rings. The molecule has 0 amide bonds. The lowest BCUT2D eigenvalue weighted by atomic mass is 9.48. The number of carbonyl (C=O) groups is 2. The van der Waals surface area contributed by atoms with Gasteiger partial charge in [0.1, 0.15) is 5.75 Å². The summed E-state index contributed by atoms with van der Waals surface area (Å²) >= 11 is 11.9. The third-order valence-electron chi connectivity index (χ3n) is 6.50. The molecule has 0 heterocycles. The first-order chi connectivity index (χ1) is 12.8. The SMILES string of the molecule is C[C@@H](Oc1ccc(Cl)cc1Cl)C(=O)OCC(=O)C12CC3CC(CC(C3)C1)C2. The molecule has 4 bridgehead atoms. The molecule has 4 saturated carbocycles. The number of ketones is 1. The highest BCUT2D eigenvalue weighted by Gasteiger charge is 2.54. The van der Waals surface area contributed by atoms with Crippen molar-refractivity contribution in [1.29, 1.82) is 0 Å². The van der Waals surface area contributed by atoms with Gasteiger partial charge in [-0.15, -0.1) is 0 Å². The van der Waals surface area contributed by atoms with Gasteiger partial charge in [0, 0.05) is 10.4 Å². The van der Waals surface area contributed by atoms with Crippen molar-refractivity contribution in [2.24, 2.45) is 23.2 Å². The summed E-state index contributed by atoms with van der Waals surface area (Å²) in [6.07, 6.45) is 5.90. The second kappa shape index (κ2) is 7.29. The molecule has 0 N–H and O–H groups in total. The van der Waals surface area contributed by atoms with E-state index in [-0.39, 0.29) is 17.8 Å². The molecular weight excluding hydrogens is 387 g/mol. The molecular formula is C21H24Cl2O4. The van der Waals surface area contributed by atoms with Crippen LogP contribution in [0, 0.1) is 23.2 Å². The molecule has 0 aliphatic heterocycles. The van der Waals surface area contributed by atoms with E-state index >= 15 is 0 Å². The van der Waals surface area contributed by atoms with Crippen molar-refractivity contribution in [3.05, 3.63) is 28.2 Å². The number of benzene rings is 1. The topological polar surface area (TPSA) is 52.6 Å². The van der Waals surface area contributed by atoms with Crippen LogP contribution in [0.4, 0.5) is 0 Å². The molecule has 4 fully saturated rings. The molecule has 0 radical (unpaired) electrons. The van der Waals surface area contributed by atoms with Crippen molar-refractivity contribution in [2.75, 3.05) is 6.61 Å². The lowest BCUT2D eigenvalue weighted by Crippen LogP contribution is -2.51. The third-order valence-corrected chi connectivity index (χ3v) is 7.04. The highest BCUT2D eigenvalue weighted by Crippen LogP contribution is 2.60. The van der Waals surface area contributed by atoms with Gasteiger partial charge in [-0.25, -0.2) is 4.79 Å². The maximum Gasteiger partial charge on any atom is 0.347 e. The van der Waals surface area contributed by atoms with E-state index in [1.54, 1.807) is 25.1 Å². The van der Waals surface area contributed by atoms with Gasteiger partial charge in [0.2, 0.25) is 0 Å². The van der Waals surface area contributed by atoms with Crippen molar-refractivity contribution in [3.8, 4) is 5.75 Å². The number of rotatable bonds is 6. The Labute approximate surface area is 169 Å². The first-order valence-electron chi connectivity index (χ1n) is 9.66. The van der Waals surface area contributed by atoms with Crippen LogP contribution in [0.25, 0.3) is 0 Å². The van der Waals surface area contributed by atoms with Gasteiger partial charge in [0.25, 0.3) is 0 Å². The van der Waals surface area contributed by atoms with Gasteiger partial charge >= 0.3 is 5.97 Å². The summed E-state index contributed by atoms with van der Waals surface area (Å²) in [5.41, 5.74) is -0.251. The minimum absolute atomic E-state index is 0.0895. The van der Waals surface area contributed by atoms with Crippen LogP contribution in [0.1, 0.15) is 45.4 Å². The highest BCUT2D eigenvalue weighted by atomic mass is 35.5. The normalized spacial score (nSPS) is 32.2. The molecule has 1 atom stereocenters. The van der Waals surface area contributed by atoms with Gasteiger partial charge in [-0.2, -0.15) is 0 Å². The minimum Gasteiger partial charge on any atom is -0.477 e. The fourth-order valence-corrected chi connectivity index (χ4v) is 6.12. The van der Waals surface area contributed by atoms with E-state index in [0.29, 0.717) is 33.5 Å². The van der Waals surface area contributed by atoms with E-state index < -0.39 is 12.1 Å². The van der Waals surface area contributed by atoms with Crippen LogP contribution < -0.4 is 4.74 Å². The second-order valence-corrected chi connectivity index (χ2v) is 9.41. The number of Topliss-reactive ketones (excluding diaryl/α,β-unsaturated/α-hetero) is 1. The number of carbonyl (C=O) groups excluding carboxylic acids is 2. The van der Waals surface area contributed by atoms with Gasteiger partial charge in [-0.3, -0.25) is 4.79 Å². The Morgan fingerprint density at radius 1 is 1.11 bits per heavy atom. The average molecular weight is 411 g/mol. The molecule has 1 aromatic carbocycles. The maximum atomic E-state index is 12.9. The fourth-order valence-electron chi connectivity index (χ4n) is 5.67. The molecule has 4 aliphatic carbocycles. The summed E-state index contributed by atoms with van der Waals surface area (Å²) in [6, 6.07) is 4.79. The van der Waals surface area contributed by atoms with Gasteiger partial charge in [-0.1, -0.05) is 23.2 Å². The van der Waals surface area contributed by atoms with E-state index in [2.05, 4.69) is 0 Å². The number of ether oxygens (including phenoxy) is 2. The van der Waals surface area contributed by atoms with Crippen LogP contribution in [0.3, 0.4) is 0 Å². The van der Waals surface area contributed by atoms with Crippen LogP contribution in [0.5, 0.6) is 5.75 Å². The first-order valence-corrected chi connectivity index (χ1v) is 10.4. The van der Waals surface area contributed by atoms with E-state index in [9.17, 15) is 9.59 Å². The van der Waals surface area contributed by atoms with Gasteiger partial charge in [-0.05, 0) is 81.4 Å². The summed E-state index contributed by atoms with van der Waals surface area (Å²) < 4.78 is 10.9. The molecule has 6 heteroatoms. The van der Waals surface area contributed by atoms with Crippen molar-refractivity contribution >= 4 is 35.0 Å². The van der Waals surface area contributed by atoms with E-state index in [1.807, 2.05) is 0 Å². The van der Waals surface area contributed by atoms with Crippen molar-refractivity contribution in [2.45, 2.75) is 51.6 Å². The maximum absolute atomic E-state index is 12.9. The quantitative estimate of drug-likeness (QED) is 0.612. The lowest BCUT2D eigenvalue weighted by Gasteiger charge is -2.55. The Morgan fingerprint density at radius 2 is 1.70 bits per heavy atom. The molecule has 4 nitrogen and oxygen atoms in total. The zero-order chi connectivity index (χ0) is 19.2. The smallest absolute Gasteiger partial charge is 0.347 e. The van der Waals surface area contributed by atoms with E-state index in [0.717, 1.165) is 19.3 Å². The number of hydrogen-bond donors (Lipinski definition) is 0. The Balaban J connectivity index is 1.33. The van der Waals surface area contributed by atoms with Crippen molar-refractivity contribution < 1.29 is 19.1 Å². The molecule has 0 saturated heterocycles. The van der Waals surface area contributed by atoms with Gasteiger partial charge < -0.3 is 9.47 Å². The predicted molar refractivity (Wildman–Crippen MR) is 103 cm³/mol. The summed E-state index contributed by atoms with van der Waals surface area (Å²) in [7, 11) is 0.